The van der Waals surface area contributed by atoms with Crippen LogP contribution in [0.15, 0.2) is 42.5 Å². The molecule has 0 saturated carbocycles. The summed E-state index contributed by atoms with van der Waals surface area (Å²) in [7, 11) is -0.980. The molecule has 1 unspecified atom stereocenters. The molecular formula is C21H21BCl2N2O5. The van der Waals surface area contributed by atoms with Gasteiger partial charge in [-0.2, -0.15) is 0 Å². The molecule has 0 saturated heterocycles. The van der Waals surface area contributed by atoms with E-state index in [1.807, 2.05) is 13.8 Å². The van der Waals surface area contributed by atoms with E-state index in [-0.39, 0.29) is 23.0 Å². The van der Waals surface area contributed by atoms with E-state index in [0.29, 0.717) is 22.8 Å². The molecule has 0 aromatic heterocycles. The Morgan fingerprint density at radius 1 is 1.10 bits per heavy atom. The van der Waals surface area contributed by atoms with Gasteiger partial charge >= 0.3 is 13.1 Å². The monoisotopic (exact) mass is 462 g/mol. The third-order valence-corrected chi connectivity index (χ3v) is 5.12. The third-order valence-electron chi connectivity index (χ3n) is 4.56. The first kappa shape index (κ1) is 23.0. The molecule has 7 nitrogen and oxygen atoms in total. The van der Waals surface area contributed by atoms with Crippen LogP contribution in [0.2, 0.25) is 10.0 Å². The summed E-state index contributed by atoms with van der Waals surface area (Å²) in [6.45, 7) is 3.65. The van der Waals surface area contributed by atoms with Gasteiger partial charge in [0.2, 0.25) is 5.91 Å². The van der Waals surface area contributed by atoms with Gasteiger partial charge in [-0.05, 0) is 42.7 Å². The maximum atomic E-state index is 12.5. The van der Waals surface area contributed by atoms with Crippen molar-refractivity contribution >= 4 is 48.1 Å². The zero-order chi connectivity index (χ0) is 22.5. The number of rotatable bonds is 7. The van der Waals surface area contributed by atoms with Crippen molar-refractivity contribution < 1.29 is 23.7 Å². The summed E-state index contributed by atoms with van der Waals surface area (Å²) >= 11 is 11.9. The molecule has 0 radical (unpaired) electrons. The van der Waals surface area contributed by atoms with Gasteiger partial charge in [0, 0.05) is 5.02 Å². The lowest BCUT2D eigenvalue weighted by Gasteiger charge is -2.29. The molecule has 0 aliphatic carbocycles. The third kappa shape index (κ3) is 5.92. The Bertz CT molecular complexity index is 1000. The second-order valence-corrected chi connectivity index (χ2v) is 8.34. The van der Waals surface area contributed by atoms with Crippen LogP contribution >= 0.6 is 23.2 Å². The largest absolute Gasteiger partial charge is 0.620 e. The number of carbonyl (C=O) groups excluding carboxylic acids is 3. The van der Waals surface area contributed by atoms with Crippen molar-refractivity contribution in [1.29, 1.82) is 0 Å². The molecule has 3 rings (SSSR count). The second-order valence-electron chi connectivity index (χ2n) is 7.50. The Balaban J connectivity index is 1.64. The highest BCUT2D eigenvalue weighted by molar-refractivity contribution is 6.51. The van der Waals surface area contributed by atoms with Crippen LogP contribution in [-0.2, 0) is 9.45 Å². The molecule has 31 heavy (non-hydrogen) atoms. The molecule has 1 aliphatic rings. The number of carbonyl (C=O) groups is 3. The van der Waals surface area contributed by atoms with Gasteiger partial charge in [-0.15, -0.1) is 0 Å². The summed E-state index contributed by atoms with van der Waals surface area (Å²) in [4.78, 5) is 37.2. The van der Waals surface area contributed by atoms with Crippen molar-refractivity contribution in [2.75, 3.05) is 6.54 Å². The number of benzene rings is 2. The molecule has 2 amide bonds. The molecule has 1 atom stereocenters. The lowest BCUT2D eigenvalue weighted by atomic mass is 9.72. The van der Waals surface area contributed by atoms with Crippen LogP contribution in [0.4, 0.5) is 0 Å². The van der Waals surface area contributed by atoms with E-state index in [9.17, 15) is 14.4 Å². The van der Waals surface area contributed by atoms with Gasteiger partial charge in [0.05, 0.1) is 28.6 Å². The van der Waals surface area contributed by atoms with Crippen molar-refractivity contribution in [3.63, 3.8) is 0 Å². The summed E-state index contributed by atoms with van der Waals surface area (Å²) in [5.74, 6) is -1.52. The molecule has 1 heterocycles. The van der Waals surface area contributed by atoms with E-state index >= 15 is 0 Å². The number of hydrogen-bond acceptors (Lipinski definition) is 5. The number of amides is 2. The number of nitrogens with one attached hydrogen (secondary N) is 2. The Morgan fingerprint density at radius 2 is 1.84 bits per heavy atom. The lowest BCUT2D eigenvalue weighted by Crippen LogP contribution is -2.55. The van der Waals surface area contributed by atoms with Crippen LogP contribution in [0.25, 0.3) is 0 Å². The quantitative estimate of drug-likeness (QED) is 0.614. The Morgan fingerprint density at radius 3 is 2.58 bits per heavy atom. The van der Waals surface area contributed by atoms with E-state index < -0.39 is 30.8 Å². The highest BCUT2D eigenvalue weighted by Crippen LogP contribution is 2.26. The average Bonchev–Trinajstić information content (AvgIpc) is 2.73. The van der Waals surface area contributed by atoms with Crippen molar-refractivity contribution in [3.8, 4) is 5.75 Å². The zero-order valence-electron chi connectivity index (χ0n) is 17.0. The van der Waals surface area contributed by atoms with Gasteiger partial charge in [-0.3, -0.25) is 9.59 Å². The molecule has 1 aliphatic heterocycles. The minimum Gasteiger partial charge on any atom is -0.524 e. The molecule has 10 heteroatoms. The smallest absolute Gasteiger partial charge is 0.524 e. The standard InChI is InChI=1S/C21H21BCl2N2O5/c1-12(2)9-18(22-30-17-6-4-3-5-14(17)21(29)31-22)26-19(27)11-25-20(28)15-10-13(23)7-8-16(15)24/h3-8,10,12,18H,9,11H2,1-2H3,(H,25,28)(H,26,27). The predicted octanol–water partition coefficient (Wildman–Crippen LogP) is 3.53. The molecular weight excluding hydrogens is 442 g/mol. The summed E-state index contributed by atoms with van der Waals surface area (Å²) in [5.41, 5.74) is 0.501. The van der Waals surface area contributed by atoms with Crippen molar-refractivity contribution in [3.05, 3.63) is 63.6 Å². The van der Waals surface area contributed by atoms with Crippen LogP contribution in [0.1, 0.15) is 41.0 Å². The molecule has 2 N–H and O–H groups in total. The first-order valence-corrected chi connectivity index (χ1v) is 10.5. The number of para-hydroxylation sites is 1. The van der Waals surface area contributed by atoms with Crippen molar-refractivity contribution in [1.82, 2.24) is 10.6 Å². The first-order chi connectivity index (χ1) is 14.7. The van der Waals surface area contributed by atoms with Gasteiger partial charge in [0.15, 0.2) is 0 Å². The van der Waals surface area contributed by atoms with Crippen LogP contribution in [0.5, 0.6) is 5.75 Å². The Labute approximate surface area is 190 Å². The molecule has 162 valence electrons. The Hall–Kier alpha value is -2.71. The number of hydrogen-bond donors (Lipinski definition) is 2. The zero-order valence-corrected chi connectivity index (χ0v) is 18.5. The van der Waals surface area contributed by atoms with Gasteiger partial charge < -0.3 is 19.9 Å². The predicted molar refractivity (Wildman–Crippen MR) is 118 cm³/mol. The summed E-state index contributed by atoms with van der Waals surface area (Å²) in [5, 5.41) is 5.88. The molecule has 0 spiro atoms. The second kappa shape index (κ2) is 10.1. The topological polar surface area (TPSA) is 93.7 Å². The minimum atomic E-state index is -0.980. The van der Waals surface area contributed by atoms with Gasteiger partial charge in [-0.25, -0.2) is 4.79 Å². The van der Waals surface area contributed by atoms with Gasteiger partial charge in [0.25, 0.3) is 5.91 Å². The fourth-order valence-corrected chi connectivity index (χ4v) is 3.53. The SMILES string of the molecule is CC(C)CC(NC(=O)CNC(=O)c1cc(Cl)ccc1Cl)B1OC(=O)c2ccccc2O1. The van der Waals surface area contributed by atoms with Crippen LogP contribution in [0, 0.1) is 5.92 Å². The van der Waals surface area contributed by atoms with Crippen molar-refractivity contribution in [2.24, 2.45) is 5.92 Å². The lowest BCUT2D eigenvalue weighted by molar-refractivity contribution is -0.120. The van der Waals surface area contributed by atoms with Crippen LogP contribution < -0.4 is 15.3 Å². The fourth-order valence-electron chi connectivity index (χ4n) is 3.15. The molecule has 2 aromatic carbocycles. The van der Waals surface area contributed by atoms with E-state index in [0.717, 1.165) is 0 Å². The first-order valence-electron chi connectivity index (χ1n) is 9.74. The van der Waals surface area contributed by atoms with E-state index in [4.69, 9.17) is 32.5 Å². The highest BCUT2D eigenvalue weighted by atomic mass is 35.5. The molecule has 0 bridgehead atoms. The van der Waals surface area contributed by atoms with Crippen LogP contribution in [-0.4, -0.2) is 37.4 Å². The average molecular weight is 463 g/mol. The normalized spacial score (nSPS) is 13.7. The summed E-state index contributed by atoms with van der Waals surface area (Å²) in [6.07, 6.45) is 0.500. The van der Waals surface area contributed by atoms with Crippen LogP contribution in [0.3, 0.4) is 0 Å². The highest BCUT2D eigenvalue weighted by Gasteiger charge is 2.42. The maximum absolute atomic E-state index is 12.5. The Kier molecular flexibility index (Phi) is 7.46. The minimum absolute atomic E-state index is 0.168. The van der Waals surface area contributed by atoms with Crippen molar-refractivity contribution in [2.45, 2.75) is 26.2 Å². The summed E-state index contributed by atoms with van der Waals surface area (Å²) in [6, 6.07) is 11.2. The summed E-state index contributed by atoms with van der Waals surface area (Å²) < 4.78 is 11.2. The van der Waals surface area contributed by atoms with Gasteiger partial charge in [-0.1, -0.05) is 49.2 Å². The maximum Gasteiger partial charge on any atom is 0.620 e. The van der Waals surface area contributed by atoms with Gasteiger partial charge in [0.1, 0.15) is 5.75 Å². The fraction of sp³-hybridized carbons (Fsp3) is 0.286. The number of halogens is 2. The van der Waals surface area contributed by atoms with E-state index in [1.165, 1.54) is 12.1 Å². The molecule has 2 aromatic rings. The van der Waals surface area contributed by atoms with E-state index in [1.54, 1.807) is 30.3 Å². The van der Waals surface area contributed by atoms with E-state index in [2.05, 4.69) is 10.6 Å². The number of fused-ring (bicyclic) bond motifs is 1. The molecule has 0 fully saturated rings.